The summed E-state index contributed by atoms with van der Waals surface area (Å²) >= 11 is 2.67. The average molecular weight is 423 g/mol. The Hall–Kier alpha value is -3.04. The molecule has 0 aliphatic rings. The Balaban J connectivity index is 1.52. The number of hydrogen-bond acceptors (Lipinski definition) is 7. The SMILES string of the molecule is CCc1nnc(NC(=O)CSc2nc(-c3ccccc3)n(-c3ccccc3)n2)s1. The molecular weight excluding hydrogens is 404 g/mol. The molecule has 1 amide bonds. The van der Waals surface area contributed by atoms with Crippen molar-refractivity contribution in [3.05, 3.63) is 65.7 Å². The minimum Gasteiger partial charge on any atom is -0.300 e. The van der Waals surface area contributed by atoms with Crippen molar-refractivity contribution in [1.82, 2.24) is 25.0 Å². The molecule has 2 heterocycles. The molecule has 7 nitrogen and oxygen atoms in total. The van der Waals surface area contributed by atoms with Gasteiger partial charge in [0.05, 0.1) is 11.4 Å². The minimum atomic E-state index is -0.161. The van der Waals surface area contributed by atoms with Crippen LogP contribution in [-0.4, -0.2) is 36.6 Å². The Bertz CT molecular complexity index is 1040. The van der Waals surface area contributed by atoms with Crippen LogP contribution in [0.2, 0.25) is 0 Å². The van der Waals surface area contributed by atoms with Gasteiger partial charge in [0, 0.05) is 5.56 Å². The zero-order valence-corrected chi connectivity index (χ0v) is 17.3. The molecule has 4 aromatic rings. The quantitative estimate of drug-likeness (QED) is 0.452. The number of para-hydroxylation sites is 1. The van der Waals surface area contributed by atoms with E-state index in [-0.39, 0.29) is 11.7 Å². The summed E-state index contributed by atoms with van der Waals surface area (Å²) in [5.74, 6) is 0.760. The van der Waals surface area contributed by atoms with Gasteiger partial charge in [-0.15, -0.1) is 15.3 Å². The second kappa shape index (κ2) is 8.97. The first kappa shape index (κ1) is 19.3. The lowest BCUT2D eigenvalue weighted by Crippen LogP contribution is -2.14. The van der Waals surface area contributed by atoms with Crippen molar-refractivity contribution in [2.75, 3.05) is 11.1 Å². The molecule has 0 unspecified atom stereocenters. The fourth-order valence-corrected chi connectivity index (χ4v) is 3.93. The largest absolute Gasteiger partial charge is 0.300 e. The van der Waals surface area contributed by atoms with Crippen LogP contribution >= 0.6 is 23.1 Å². The maximum atomic E-state index is 12.3. The van der Waals surface area contributed by atoms with E-state index in [1.165, 1.54) is 23.1 Å². The van der Waals surface area contributed by atoms with Gasteiger partial charge >= 0.3 is 0 Å². The number of anilines is 1. The van der Waals surface area contributed by atoms with E-state index in [0.717, 1.165) is 28.5 Å². The molecule has 2 aromatic heterocycles. The minimum absolute atomic E-state index is 0.161. The molecule has 0 bridgehead atoms. The highest BCUT2D eigenvalue weighted by atomic mass is 32.2. The van der Waals surface area contributed by atoms with E-state index < -0.39 is 0 Å². The Morgan fingerprint density at radius 1 is 1.07 bits per heavy atom. The summed E-state index contributed by atoms with van der Waals surface area (Å²) < 4.78 is 1.80. The van der Waals surface area contributed by atoms with Crippen molar-refractivity contribution in [3.63, 3.8) is 0 Å². The number of thioether (sulfide) groups is 1. The average Bonchev–Trinajstić information content (AvgIpc) is 3.40. The Morgan fingerprint density at radius 3 is 2.48 bits per heavy atom. The molecule has 0 radical (unpaired) electrons. The van der Waals surface area contributed by atoms with Crippen LogP contribution in [-0.2, 0) is 11.2 Å². The van der Waals surface area contributed by atoms with E-state index in [0.29, 0.717) is 10.3 Å². The van der Waals surface area contributed by atoms with E-state index >= 15 is 0 Å². The van der Waals surface area contributed by atoms with Gasteiger partial charge in [-0.3, -0.25) is 10.1 Å². The van der Waals surface area contributed by atoms with Crippen LogP contribution < -0.4 is 5.32 Å². The number of hydrogen-bond donors (Lipinski definition) is 1. The highest BCUT2D eigenvalue weighted by Gasteiger charge is 2.15. The third-order valence-electron chi connectivity index (χ3n) is 3.97. The first-order valence-corrected chi connectivity index (χ1v) is 10.9. The maximum absolute atomic E-state index is 12.3. The molecule has 0 atom stereocenters. The van der Waals surface area contributed by atoms with E-state index in [1.807, 2.05) is 67.6 Å². The van der Waals surface area contributed by atoms with Gasteiger partial charge in [0.1, 0.15) is 5.01 Å². The summed E-state index contributed by atoms with van der Waals surface area (Å²) in [6.07, 6.45) is 0.797. The van der Waals surface area contributed by atoms with Crippen LogP contribution in [0.25, 0.3) is 17.1 Å². The van der Waals surface area contributed by atoms with Crippen LogP contribution in [0, 0.1) is 0 Å². The summed E-state index contributed by atoms with van der Waals surface area (Å²) in [5.41, 5.74) is 1.87. The smallest absolute Gasteiger partial charge is 0.236 e. The molecule has 2 aromatic carbocycles. The number of aromatic nitrogens is 5. The summed E-state index contributed by atoms with van der Waals surface area (Å²) in [4.78, 5) is 16.9. The van der Waals surface area contributed by atoms with Gasteiger partial charge in [-0.25, -0.2) is 9.67 Å². The van der Waals surface area contributed by atoms with Crippen LogP contribution in [0.15, 0.2) is 65.8 Å². The summed E-state index contributed by atoms with van der Waals surface area (Å²) in [7, 11) is 0. The summed E-state index contributed by atoms with van der Waals surface area (Å²) in [5, 5.41) is 17.3. The number of carbonyl (C=O) groups is 1. The van der Waals surface area contributed by atoms with Crippen molar-refractivity contribution in [1.29, 1.82) is 0 Å². The van der Waals surface area contributed by atoms with E-state index in [1.54, 1.807) is 4.68 Å². The van der Waals surface area contributed by atoms with E-state index in [9.17, 15) is 4.79 Å². The fourth-order valence-electron chi connectivity index (χ4n) is 2.61. The molecule has 0 saturated heterocycles. The van der Waals surface area contributed by atoms with Gasteiger partial charge < -0.3 is 0 Å². The van der Waals surface area contributed by atoms with Gasteiger partial charge in [-0.05, 0) is 18.6 Å². The van der Waals surface area contributed by atoms with Crippen LogP contribution in [0.3, 0.4) is 0 Å². The standard InChI is InChI=1S/C20H18N6OS2/c1-2-17-23-24-19(29-17)21-16(27)13-28-20-22-18(14-9-5-3-6-10-14)26(25-20)15-11-7-4-8-12-15/h3-12H,2,13H2,1H3,(H,21,24,27). The molecule has 0 fully saturated rings. The molecular formula is C20H18N6OS2. The summed E-state index contributed by atoms with van der Waals surface area (Å²) in [6.45, 7) is 2.00. The highest BCUT2D eigenvalue weighted by Crippen LogP contribution is 2.25. The third kappa shape index (κ3) is 4.69. The van der Waals surface area contributed by atoms with Crippen molar-refractivity contribution in [2.24, 2.45) is 0 Å². The van der Waals surface area contributed by atoms with Gasteiger partial charge in [-0.1, -0.05) is 78.6 Å². The van der Waals surface area contributed by atoms with Crippen LogP contribution in [0.1, 0.15) is 11.9 Å². The predicted octanol–water partition coefficient (Wildman–Crippen LogP) is 4.08. The number of amides is 1. The number of benzene rings is 2. The zero-order valence-electron chi connectivity index (χ0n) is 15.6. The Labute approximate surface area is 176 Å². The monoisotopic (exact) mass is 422 g/mol. The number of rotatable bonds is 7. The molecule has 0 saturated carbocycles. The Kier molecular flexibility index (Phi) is 5.97. The second-order valence-electron chi connectivity index (χ2n) is 6.02. The van der Waals surface area contributed by atoms with Crippen molar-refractivity contribution < 1.29 is 4.79 Å². The zero-order chi connectivity index (χ0) is 20.1. The van der Waals surface area contributed by atoms with E-state index in [4.69, 9.17) is 0 Å². The predicted molar refractivity (Wildman–Crippen MR) is 115 cm³/mol. The number of aryl methyl sites for hydroxylation is 1. The molecule has 29 heavy (non-hydrogen) atoms. The van der Waals surface area contributed by atoms with Crippen molar-refractivity contribution in [2.45, 2.75) is 18.5 Å². The number of carbonyl (C=O) groups excluding carboxylic acids is 1. The van der Waals surface area contributed by atoms with Gasteiger partial charge in [0.2, 0.25) is 16.2 Å². The van der Waals surface area contributed by atoms with Gasteiger partial charge in [0.25, 0.3) is 0 Å². The fraction of sp³-hybridized carbons (Fsp3) is 0.150. The highest BCUT2D eigenvalue weighted by molar-refractivity contribution is 7.99. The second-order valence-corrected chi connectivity index (χ2v) is 8.03. The van der Waals surface area contributed by atoms with Gasteiger partial charge in [0.15, 0.2) is 5.82 Å². The lowest BCUT2D eigenvalue weighted by molar-refractivity contribution is -0.113. The van der Waals surface area contributed by atoms with Crippen molar-refractivity contribution in [3.8, 4) is 17.1 Å². The molecule has 0 aliphatic heterocycles. The molecule has 146 valence electrons. The molecule has 0 aliphatic carbocycles. The normalized spacial score (nSPS) is 10.8. The lowest BCUT2D eigenvalue weighted by Gasteiger charge is -2.05. The molecule has 9 heteroatoms. The Morgan fingerprint density at radius 2 is 1.79 bits per heavy atom. The lowest BCUT2D eigenvalue weighted by atomic mass is 10.2. The van der Waals surface area contributed by atoms with Crippen LogP contribution in [0.5, 0.6) is 0 Å². The van der Waals surface area contributed by atoms with Crippen molar-refractivity contribution >= 4 is 34.1 Å². The summed E-state index contributed by atoms with van der Waals surface area (Å²) in [6, 6.07) is 19.7. The first-order chi connectivity index (χ1) is 14.2. The number of nitrogens with zero attached hydrogens (tertiary/aromatic N) is 5. The topological polar surface area (TPSA) is 85.6 Å². The maximum Gasteiger partial charge on any atom is 0.236 e. The molecule has 1 N–H and O–H groups in total. The number of nitrogens with one attached hydrogen (secondary N) is 1. The van der Waals surface area contributed by atoms with Crippen LogP contribution in [0.4, 0.5) is 5.13 Å². The van der Waals surface area contributed by atoms with E-state index in [2.05, 4.69) is 25.6 Å². The van der Waals surface area contributed by atoms with Gasteiger partial charge in [-0.2, -0.15) is 0 Å². The first-order valence-electron chi connectivity index (χ1n) is 9.06. The molecule has 0 spiro atoms. The molecule has 4 rings (SSSR count). The third-order valence-corrected chi connectivity index (χ3v) is 5.79.